The van der Waals surface area contributed by atoms with Gasteiger partial charge in [0.25, 0.3) is 11.6 Å². The molecule has 0 radical (unpaired) electrons. The molecule has 2 aromatic heterocycles. The monoisotopic (exact) mass is 326 g/mol. The number of rotatable bonds is 4. The normalized spacial score (nSPS) is 10.6. The van der Waals surface area contributed by atoms with E-state index in [1.165, 1.54) is 23.1 Å². The highest BCUT2D eigenvalue weighted by molar-refractivity contribution is 6.04. The van der Waals surface area contributed by atoms with Gasteiger partial charge in [0.1, 0.15) is 11.6 Å². The summed E-state index contributed by atoms with van der Waals surface area (Å²) < 4.78 is 6.65. The van der Waals surface area contributed by atoms with Gasteiger partial charge in [-0.05, 0) is 32.0 Å². The number of furan rings is 1. The maximum atomic E-state index is 12.3. The lowest BCUT2D eigenvalue weighted by atomic mass is 10.2. The van der Waals surface area contributed by atoms with Crippen LogP contribution >= 0.6 is 0 Å². The molecular formula is C16H14N4O4. The van der Waals surface area contributed by atoms with Crippen LogP contribution in [0, 0.1) is 24.0 Å². The van der Waals surface area contributed by atoms with Gasteiger partial charge < -0.3 is 9.73 Å². The van der Waals surface area contributed by atoms with E-state index in [9.17, 15) is 14.9 Å². The predicted molar refractivity (Wildman–Crippen MR) is 86.4 cm³/mol. The third kappa shape index (κ3) is 2.89. The molecule has 24 heavy (non-hydrogen) atoms. The molecule has 0 bridgehead atoms. The van der Waals surface area contributed by atoms with Crippen molar-refractivity contribution in [1.29, 1.82) is 0 Å². The maximum Gasteiger partial charge on any atom is 0.269 e. The van der Waals surface area contributed by atoms with Crippen LogP contribution in [-0.4, -0.2) is 20.6 Å². The molecule has 1 N–H and O–H groups in total. The molecule has 8 nitrogen and oxygen atoms in total. The first-order valence-electron chi connectivity index (χ1n) is 7.12. The molecule has 122 valence electrons. The van der Waals surface area contributed by atoms with Crippen molar-refractivity contribution < 1.29 is 14.1 Å². The molecular weight excluding hydrogens is 312 g/mol. The van der Waals surface area contributed by atoms with Crippen molar-refractivity contribution in [2.45, 2.75) is 13.8 Å². The molecule has 2 heterocycles. The number of carbonyl (C=O) groups is 1. The third-order valence-corrected chi connectivity index (χ3v) is 3.48. The summed E-state index contributed by atoms with van der Waals surface area (Å²) in [6.07, 6.45) is 1.45. The minimum atomic E-state index is -0.470. The molecule has 0 unspecified atom stereocenters. The number of benzene rings is 1. The first-order valence-corrected chi connectivity index (χ1v) is 7.12. The van der Waals surface area contributed by atoms with Crippen LogP contribution in [0.1, 0.15) is 21.8 Å². The molecule has 3 aromatic rings. The van der Waals surface area contributed by atoms with Crippen LogP contribution in [0.15, 0.2) is 47.1 Å². The zero-order chi connectivity index (χ0) is 17.3. The molecule has 3 rings (SSSR count). The van der Waals surface area contributed by atoms with Crippen molar-refractivity contribution in [3.8, 4) is 5.69 Å². The highest BCUT2D eigenvalue weighted by Crippen LogP contribution is 2.21. The number of hydrogen-bond donors (Lipinski definition) is 1. The highest BCUT2D eigenvalue weighted by Gasteiger charge is 2.16. The number of nitrogens with one attached hydrogen (secondary N) is 1. The van der Waals surface area contributed by atoms with Crippen LogP contribution in [0.4, 0.5) is 11.5 Å². The number of aryl methyl sites for hydroxylation is 2. The standard InChI is InChI=1S/C16H14N4O4/c1-10-9-15(17-16(21)14-7-8-24-11(14)2)19(18-10)12-3-5-13(6-4-12)20(22)23/h3-9H,1-2H3,(H,17,21). The maximum absolute atomic E-state index is 12.3. The van der Waals surface area contributed by atoms with E-state index in [4.69, 9.17) is 4.42 Å². The fraction of sp³-hybridized carbons (Fsp3) is 0.125. The molecule has 0 atom stereocenters. The summed E-state index contributed by atoms with van der Waals surface area (Å²) in [6.45, 7) is 3.49. The second kappa shape index (κ2) is 5.99. The Bertz CT molecular complexity index is 909. The third-order valence-electron chi connectivity index (χ3n) is 3.48. The summed E-state index contributed by atoms with van der Waals surface area (Å²) in [7, 11) is 0. The Balaban J connectivity index is 1.92. The fourth-order valence-electron chi connectivity index (χ4n) is 2.31. The van der Waals surface area contributed by atoms with Crippen molar-refractivity contribution >= 4 is 17.4 Å². The number of nitro benzene ring substituents is 1. The Morgan fingerprint density at radius 1 is 1.25 bits per heavy atom. The Hall–Kier alpha value is -3.42. The predicted octanol–water partition coefficient (Wildman–Crippen LogP) is 3.24. The number of nitro groups is 1. The summed E-state index contributed by atoms with van der Waals surface area (Å²) in [5, 5.41) is 17.8. The van der Waals surface area contributed by atoms with E-state index in [2.05, 4.69) is 10.4 Å². The van der Waals surface area contributed by atoms with Gasteiger partial charge in [-0.1, -0.05) is 0 Å². The van der Waals surface area contributed by atoms with Crippen LogP contribution < -0.4 is 5.32 Å². The fourth-order valence-corrected chi connectivity index (χ4v) is 2.31. The number of anilines is 1. The Kier molecular flexibility index (Phi) is 3.87. The van der Waals surface area contributed by atoms with E-state index in [-0.39, 0.29) is 11.6 Å². The zero-order valence-electron chi connectivity index (χ0n) is 13.0. The van der Waals surface area contributed by atoms with Crippen LogP contribution in [0.25, 0.3) is 5.69 Å². The molecule has 0 saturated carbocycles. The number of amides is 1. The molecule has 0 fully saturated rings. The van der Waals surface area contributed by atoms with Crippen molar-refractivity contribution in [3.05, 3.63) is 69.8 Å². The minimum absolute atomic E-state index is 0.0118. The molecule has 8 heteroatoms. The van der Waals surface area contributed by atoms with Crippen molar-refractivity contribution in [2.24, 2.45) is 0 Å². The first-order chi connectivity index (χ1) is 11.5. The summed E-state index contributed by atoms with van der Waals surface area (Å²) in [4.78, 5) is 22.6. The minimum Gasteiger partial charge on any atom is -0.469 e. The van der Waals surface area contributed by atoms with E-state index in [0.717, 1.165) is 0 Å². The van der Waals surface area contributed by atoms with Gasteiger partial charge >= 0.3 is 0 Å². The molecule has 0 aliphatic rings. The van der Waals surface area contributed by atoms with E-state index in [1.807, 2.05) is 0 Å². The van der Waals surface area contributed by atoms with Crippen LogP contribution in [0.2, 0.25) is 0 Å². The Morgan fingerprint density at radius 2 is 1.96 bits per heavy atom. The smallest absolute Gasteiger partial charge is 0.269 e. The van der Waals surface area contributed by atoms with Gasteiger partial charge in [-0.15, -0.1) is 0 Å². The van der Waals surface area contributed by atoms with Gasteiger partial charge in [0.15, 0.2) is 0 Å². The Labute approximate surface area is 136 Å². The number of hydrogen-bond acceptors (Lipinski definition) is 5. The van der Waals surface area contributed by atoms with Gasteiger partial charge in [0.2, 0.25) is 0 Å². The summed E-state index contributed by atoms with van der Waals surface area (Å²) >= 11 is 0. The summed E-state index contributed by atoms with van der Waals surface area (Å²) in [6, 6.07) is 9.22. The average Bonchev–Trinajstić information content (AvgIpc) is 3.13. The topological polar surface area (TPSA) is 103 Å². The SMILES string of the molecule is Cc1cc(NC(=O)c2ccoc2C)n(-c2ccc([N+](=O)[O-])cc2)n1. The van der Waals surface area contributed by atoms with E-state index in [0.29, 0.717) is 28.5 Å². The van der Waals surface area contributed by atoms with Crippen LogP contribution in [0.5, 0.6) is 0 Å². The molecule has 0 aliphatic carbocycles. The molecule has 1 aromatic carbocycles. The van der Waals surface area contributed by atoms with E-state index in [1.54, 1.807) is 38.1 Å². The Morgan fingerprint density at radius 3 is 2.54 bits per heavy atom. The van der Waals surface area contributed by atoms with Crippen molar-refractivity contribution in [3.63, 3.8) is 0 Å². The van der Waals surface area contributed by atoms with Gasteiger partial charge in [-0.25, -0.2) is 4.68 Å². The molecule has 1 amide bonds. The highest BCUT2D eigenvalue weighted by atomic mass is 16.6. The van der Waals surface area contributed by atoms with E-state index < -0.39 is 4.92 Å². The van der Waals surface area contributed by atoms with Crippen molar-refractivity contribution in [2.75, 3.05) is 5.32 Å². The zero-order valence-corrected chi connectivity index (χ0v) is 13.0. The largest absolute Gasteiger partial charge is 0.469 e. The van der Waals surface area contributed by atoms with Crippen LogP contribution in [-0.2, 0) is 0 Å². The van der Waals surface area contributed by atoms with E-state index >= 15 is 0 Å². The van der Waals surface area contributed by atoms with Gasteiger partial charge in [-0.2, -0.15) is 5.10 Å². The van der Waals surface area contributed by atoms with Gasteiger partial charge in [-0.3, -0.25) is 14.9 Å². The second-order valence-electron chi connectivity index (χ2n) is 5.20. The summed E-state index contributed by atoms with van der Waals surface area (Å²) in [5.74, 6) is 0.668. The molecule has 0 aliphatic heterocycles. The lowest BCUT2D eigenvalue weighted by molar-refractivity contribution is -0.384. The average molecular weight is 326 g/mol. The lowest BCUT2D eigenvalue weighted by Crippen LogP contribution is -2.15. The quantitative estimate of drug-likeness (QED) is 0.585. The van der Waals surface area contributed by atoms with Gasteiger partial charge in [0.05, 0.1) is 28.1 Å². The summed E-state index contributed by atoms with van der Waals surface area (Å²) in [5.41, 5.74) is 1.73. The number of carbonyl (C=O) groups excluding carboxylic acids is 1. The number of non-ortho nitro benzene ring substituents is 1. The number of aromatic nitrogens is 2. The van der Waals surface area contributed by atoms with Crippen molar-refractivity contribution in [1.82, 2.24) is 9.78 Å². The van der Waals surface area contributed by atoms with Crippen LogP contribution in [0.3, 0.4) is 0 Å². The molecule has 0 spiro atoms. The number of nitrogens with zero attached hydrogens (tertiary/aromatic N) is 3. The molecule has 0 saturated heterocycles. The van der Waals surface area contributed by atoms with Gasteiger partial charge in [0, 0.05) is 18.2 Å². The lowest BCUT2D eigenvalue weighted by Gasteiger charge is -2.08. The second-order valence-corrected chi connectivity index (χ2v) is 5.20. The first kappa shape index (κ1) is 15.5.